The Labute approximate surface area is 173 Å². The lowest BCUT2D eigenvalue weighted by molar-refractivity contribution is -0.205. The van der Waals surface area contributed by atoms with Crippen molar-refractivity contribution in [3.05, 3.63) is 0 Å². The van der Waals surface area contributed by atoms with Gasteiger partial charge in [0.1, 0.15) is 6.10 Å². The predicted octanol–water partition coefficient (Wildman–Crippen LogP) is 7.20. The van der Waals surface area contributed by atoms with Crippen molar-refractivity contribution >= 4 is 17.6 Å². The van der Waals surface area contributed by atoms with E-state index >= 15 is 0 Å². The number of hydrogen-bond donors (Lipinski definition) is 0. The van der Waals surface area contributed by atoms with E-state index in [1.165, 1.54) is 70.6 Å². The number of rotatable bonds is 19. The molecule has 0 rings (SSSR count). The molecule has 0 aromatic heterocycles. The monoisotopic (exact) mass is 430 g/mol. The maximum atomic E-state index is 12.1. The zero-order valence-corrected chi connectivity index (χ0v) is 18.1. The molecule has 0 bridgehead atoms. The molecule has 0 saturated carbocycles. The van der Waals surface area contributed by atoms with Gasteiger partial charge in [0.25, 0.3) is 0 Å². The summed E-state index contributed by atoms with van der Waals surface area (Å²) in [4.78, 5) is 10.7. The fraction of sp³-hybridized carbons (Fsp3) is 0.952. The van der Waals surface area contributed by atoms with Gasteiger partial charge in [-0.1, -0.05) is 90.4 Å². The molecule has 0 aromatic carbocycles. The second kappa shape index (κ2) is 18.5. The summed E-state index contributed by atoms with van der Waals surface area (Å²) in [5.74, 6) is -2.45. The van der Waals surface area contributed by atoms with Gasteiger partial charge in [-0.15, -0.1) is 11.6 Å². The molecular formula is C21H38ClF3O3. The molecule has 0 radical (unpaired) electrons. The van der Waals surface area contributed by atoms with Crippen LogP contribution in [-0.4, -0.2) is 37.3 Å². The first-order chi connectivity index (χ1) is 13.4. The number of unbranched alkanes of at least 4 members (excludes halogenated alkanes) is 13. The highest BCUT2D eigenvalue weighted by atomic mass is 35.5. The van der Waals surface area contributed by atoms with Gasteiger partial charge in [0.2, 0.25) is 0 Å². The summed E-state index contributed by atoms with van der Waals surface area (Å²) in [5, 5.41) is 0. The van der Waals surface area contributed by atoms with Crippen molar-refractivity contribution in [3.63, 3.8) is 0 Å². The van der Waals surface area contributed by atoms with E-state index in [-0.39, 0.29) is 12.5 Å². The molecule has 0 unspecified atom stereocenters. The van der Waals surface area contributed by atoms with Gasteiger partial charge >= 0.3 is 12.1 Å². The molecule has 0 aliphatic heterocycles. The highest BCUT2D eigenvalue weighted by Gasteiger charge is 2.42. The molecule has 0 aliphatic carbocycles. The molecule has 168 valence electrons. The SMILES string of the molecule is CCCCCCCCCCCCCCCCOC[C@H](CCl)OC(=O)C(F)(F)F. The lowest BCUT2D eigenvalue weighted by Gasteiger charge is -2.16. The topological polar surface area (TPSA) is 35.5 Å². The van der Waals surface area contributed by atoms with E-state index in [9.17, 15) is 18.0 Å². The fourth-order valence-electron chi connectivity index (χ4n) is 2.94. The van der Waals surface area contributed by atoms with Crippen molar-refractivity contribution in [1.82, 2.24) is 0 Å². The summed E-state index contributed by atoms with van der Waals surface area (Å²) in [6, 6.07) is 0. The first-order valence-electron chi connectivity index (χ1n) is 10.8. The molecule has 7 heteroatoms. The molecule has 0 aliphatic rings. The molecule has 0 heterocycles. The minimum atomic E-state index is -5.00. The third kappa shape index (κ3) is 17.6. The van der Waals surface area contributed by atoms with Gasteiger partial charge in [0, 0.05) is 6.61 Å². The Kier molecular flexibility index (Phi) is 18.2. The van der Waals surface area contributed by atoms with E-state index in [0.717, 1.165) is 19.3 Å². The number of alkyl halides is 4. The summed E-state index contributed by atoms with van der Waals surface area (Å²) in [6.45, 7) is 2.57. The van der Waals surface area contributed by atoms with Crippen LogP contribution in [0.2, 0.25) is 0 Å². The van der Waals surface area contributed by atoms with Gasteiger partial charge in [-0.2, -0.15) is 13.2 Å². The number of ether oxygens (including phenoxy) is 2. The Morgan fingerprint density at radius 2 is 1.25 bits per heavy atom. The van der Waals surface area contributed by atoms with Crippen LogP contribution in [0.25, 0.3) is 0 Å². The highest BCUT2D eigenvalue weighted by molar-refractivity contribution is 6.18. The highest BCUT2D eigenvalue weighted by Crippen LogP contribution is 2.18. The largest absolute Gasteiger partial charge is 0.490 e. The van der Waals surface area contributed by atoms with Gasteiger partial charge in [-0.05, 0) is 6.42 Å². The van der Waals surface area contributed by atoms with Crippen LogP contribution in [0.15, 0.2) is 0 Å². The van der Waals surface area contributed by atoms with E-state index in [1.807, 2.05) is 0 Å². The van der Waals surface area contributed by atoms with E-state index < -0.39 is 18.2 Å². The number of esters is 1. The second-order valence-corrected chi connectivity index (χ2v) is 7.66. The molecule has 3 nitrogen and oxygen atoms in total. The first-order valence-corrected chi connectivity index (χ1v) is 11.4. The molecule has 0 saturated heterocycles. The second-order valence-electron chi connectivity index (χ2n) is 7.35. The number of halogens is 4. The summed E-state index contributed by atoms with van der Waals surface area (Å²) in [5.41, 5.74) is 0. The first kappa shape index (κ1) is 27.5. The van der Waals surface area contributed by atoms with E-state index in [4.69, 9.17) is 16.3 Å². The average molecular weight is 431 g/mol. The van der Waals surface area contributed by atoms with Crippen LogP contribution in [0.4, 0.5) is 13.2 Å². The Hall–Kier alpha value is -0.490. The molecule has 0 amide bonds. The fourth-order valence-corrected chi connectivity index (χ4v) is 3.09. The number of hydrogen-bond acceptors (Lipinski definition) is 3. The van der Waals surface area contributed by atoms with Crippen molar-refractivity contribution in [2.75, 3.05) is 19.1 Å². The Morgan fingerprint density at radius 3 is 1.64 bits per heavy atom. The van der Waals surface area contributed by atoms with Crippen molar-refractivity contribution in [2.24, 2.45) is 0 Å². The van der Waals surface area contributed by atoms with Crippen LogP contribution in [-0.2, 0) is 14.3 Å². The molecular weight excluding hydrogens is 393 g/mol. The summed E-state index contributed by atoms with van der Waals surface area (Å²) >= 11 is 5.51. The van der Waals surface area contributed by atoms with Gasteiger partial charge < -0.3 is 9.47 Å². The zero-order chi connectivity index (χ0) is 21.1. The Bertz CT molecular complexity index is 365. The minimum absolute atomic E-state index is 0.107. The molecule has 28 heavy (non-hydrogen) atoms. The number of carbonyl (C=O) groups excluding carboxylic acids is 1. The van der Waals surface area contributed by atoms with Gasteiger partial charge in [0.15, 0.2) is 0 Å². The minimum Gasteiger partial charge on any atom is -0.452 e. The Balaban J connectivity index is 3.35. The van der Waals surface area contributed by atoms with Crippen LogP contribution >= 0.6 is 11.6 Å². The number of carbonyl (C=O) groups is 1. The van der Waals surface area contributed by atoms with Crippen LogP contribution in [0, 0.1) is 0 Å². The lowest BCUT2D eigenvalue weighted by Crippen LogP contribution is -2.33. The molecule has 0 N–H and O–H groups in total. The van der Waals surface area contributed by atoms with Crippen LogP contribution in [0.3, 0.4) is 0 Å². The zero-order valence-electron chi connectivity index (χ0n) is 17.3. The molecule has 0 spiro atoms. The summed E-state index contributed by atoms with van der Waals surface area (Å²) < 4.78 is 45.9. The average Bonchev–Trinajstić information content (AvgIpc) is 2.65. The van der Waals surface area contributed by atoms with Crippen LogP contribution in [0.5, 0.6) is 0 Å². The van der Waals surface area contributed by atoms with Crippen molar-refractivity contribution in [1.29, 1.82) is 0 Å². The molecule has 0 aromatic rings. The van der Waals surface area contributed by atoms with Crippen LogP contribution in [0.1, 0.15) is 96.8 Å². The van der Waals surface area contributed by atoms with Crippen molar-refractivity contribution in [2.45, 2.75) is 109 Å². The molecule has 0 fully saturated rings. The van der Waals surface area contributed by atoms with Crippen molar-refractivity contribution in [3.8, 4) is 0 Å². The smallest absolute Gasteiger partial charge is 0.452 e. The van der Waals surface area contributed by atoms with E-state index in [0.29, 0.717) is 6.61 Å². The maximum Gasteiger partial charge on any atom is 0.490 e. The van der Waals surface area contributed by atoms with Gasteiger partial charge in [-0.25, -0.2) is 4.79 Å². The maximum absolute atomic E-state index is 12.1. The van der Waals surface area contributed by atoms with Gasteiger partial charge in [-0.3, -0.25) is 0 Å². The third-order valence-electron chi connectivity index (χ3n) is 4.62. The normalized spacial score (nSPS) is 12.9. The molecule has 1 atom stereocenters. The Morgan fingerprint density at radius 1 is 0.821 bits per heavy atom. The van der Waals surface area contributed by atoms with Gasteiger partial charge in [0.05, 0.1) is 12.5 Å². The van der Waals surface area contributed by atoms with Crippen molar-refractivity contribution < 1.29 is 27.4 Å². The van der Waals surface area contributed by atoms with E-state index in [2.05, 4.69) is 11.7 Å². The summed E-state index contributed by atoms with van der Waals surface area (Å²) in [7, 11) is 0. The standard InChI is InChI=1S/C21H38ClF3O3/c1-2-3-4-5-6-7-8-9-10-11-12-13-14-15-16-27-18-19(17-22)28-20(26)21(23,24)25/h19H,2-18H2,1H3/t19-/m0/s1. The predicted molar refractivity (Wildman–Crippen MR) is 108 cm³/mol. The van der Waals surface area contributed by atoms with E-state index in [1.54, 1.807) is 0 Å². The summed E-state index contributed by atoms with van der Waals surface area (Å²) in [6.07, 6.45) is 11.6. The quantitative estimate of drug-likeness (QED) is 0.123. The lowest BCUT2D eigenvalue weighted by atomic mass is 10.0. The third-order valence-corrected chi connectivity index (χ3v) is 4.97. The van der Waals surface area contributed by atoms with Crippen LogP contribution < -0.4 is 0 Å².